The molecule has 0 bridgehead atoms. The summed E-state index contributed by atoms with van der Waals surface area (Å²) in [5.74, 6) is 0.354. The van der Waals surface area contributed by atoms with Crippen LogP contribution in [-0.4, -0.2) is 15.9 Å². The van der Waals surface area contributed by atoms with Crippen molar-refractivity contribution in [1.29, 1.82) is 0 Å². The average molecular weight is 418 g/mol. The minimum Gasteiger partial charge on any atom is -0.345 e. The highest BCUT2D eigenvalue weighted by molar-refractivity contribution is 6.30. The third kappa shape index (κ3) is 4.58. The number of rotatable bonds is 6. The van der Waals surface area contributed by atoms with E-state index in [9.17, 15) is 9.59 Å². The molecule has 5 nitrogen and oxygen atoms in total. The van der Waals surface area contributed by atoms with E-state index in [0.717, 1.165) is 11.1 Å². The number of carbonyl (C=O) groups excluding carboxylic acids is 1. The number of halogens is 1. The largest absolute Gasteiger partial charge is 0.345 e. The summed E-state index contributed by atoms with van der Waals surface area (Å²) in [7, 11) is 0. The first-order valence-electron chi connectivity index (χ1n) is 9.68. The Morgan fingerprint density at radius 1 is 0.967 bits per heavy atom. The number of aromatic amines is 1. The van der Waals surface area contributed by atoms with Gasteiger partial charge in [-0.2, -0.15) is 0 Å². The first kappa shape index (κ1) is 19.9. The molecule has 1 unspecified atom stereocenters. The fraction of sp³-hybridized carbons (Fsp3) is 0.125. The maximum absolute atomic E-state index is 12.7. The number of amides is 1. The van der Waals surface area contributed by atoms with Crippen LogP contribution in [0.5, 0.6) is 0 Å². The molecule has 0 saturated carbocycles. The Balaban J connectivity index is 1.51. The molecule has 0 aliphatic heterocycles. The van der Waals surface area contributed by atoms with Crippen molar-refractivity contribution in [2.75, 3.05) is 0 Å². The molecule has 2 N–H and O–H groups in total. The highest BCUT2D eigenvalue weighted by atomic mass is 35.5. The maximum atomic E-state index is 12.7. The molecule has 0 radical (unpaired) electrons. The van der Waals surface area contributed by atoms with E-state index < -0.39 is 0 Å². The minimum absolute atomic E-state index is 0.139. The fourth-order valence-corrected chi connectivity index (χ4v) is 3.61. The Kier molecular flexibility index (Phi) is 5.91. The highest BCUT2D eigenvalue weighted by Crippen LogP contribution is 2.24. The molecule has 0 aliphatic carbocycles. The van der Waals surface area contributed by atoms with E-state index in [0.29, 0.717) is 28.2 Å². The highest BCUT2D eigenvalue weighted by Gasteiger charge is 2.17. The number of aromatic nitrogens is 2. The van der Waals surface area contributed by atoms with Crippen molar-refractivity contribution in [3.05, 3.63) is 111 Å². The number of hydrogen-bond acceptors (Lipinski definition) is 3. The van der Waals surface area contributed by atoms with Gasteiger partial charge in [-0.05, 0) is 35.4 Å². The van der Waals surface area contributed by atoms with Gasteiger partial charge in [0.25, 0.3) is 5.56 Å². The zero-order valence-corrected chi connectivity index (χ0v) is 16.9. The lowest BCUT2D eigenvalue weighted by Gasteiger charge is -2.20. The van der Waals surface area contributed by atoms with Crippen molar-refractivity contribution in [2.45, 2.75) is 18.9 Å². The van der Waals surface area contributed by atoms with Gasteiger partial charge in [0.05, 0.1) is 16.9 Å². The molecular formula is C24H20ClN3O2. The van der Waals surface area contributed by atoms with Crippen molar-refractivity contribution in [2.24, 2.45) is 0 Å². The van der Waals surface area contributed by atoms with E-state index in [4.69, 9.17) is 11.6 Å². The van der Waals surface area contributed by atoms with Crippen molar-refractivity contribution >= 4 is 28.4 Å². The SMILES string of the molecule is O=C(CCc1nc2ccccc2c(=O)[nH]1)NC(c1ccccc1)c1cccc(Cl)c1. The second-order valence-electron chi connectivity index (χ2n) is 7.00. The van der Waals surface area contributed by atoms with Gasteiger partial charge in [0.2, 0.25) is 5.91 Å². The minimum atomic E-state index is -0.319. The average Bonchev–Trinajstić information content (AvgIpc) is 2.77. The van der Waals surface area contributed by atoms with E-state index in [1.807, 2.05) is 54.6 Å². The van der Waals surface area contributed by atoms with Crippen LogP contribution < -0.4 is 10.9 Å². The molecule has 4 rings (SSSR count). The zero-order valence-electron chi connectivity index (χ0n) is 16.1. The van der Waals surface area contributed by atoms with Gasteiger partial charge in [0, 0.05) is 17.9 Å². The topological polar surface area (TPSA) is 74.8 Å². The third-order valence-electron chi connectivity index (χ3n) is 4.87. The molecule has 4 aromatic rings. The van der Waals surface area contributed by atoms with E-state index in [1.54, 1.807) is 24.3 Å². The van der Waals surface area contributed by atoms with Crippen molar-refractivity contribution in [1.82, 2.24) is 15.3 Å². The molecule has 3 aromatic carbocycles. The summed E-state index contributed by atoms with van der Waals surface area (Å²) in [4.78, 5) is 32.2. The number of nitrogens with one attached hydrogen (secondary N) is 2. The Labute approximate surface area is 178 Å². The van der Waals surface area contributed by atoms with Gasteiger partial charge in [-0.15, -0.1) is 0 Å². The predicted octanol–water partition coefficient (Wildman–Crippen LogP) is 4.41. The summed E-state index contributed by atoms with van der Waals surface area (Å²) >= 11 is 6.16. The molecule has 150 valence electrons. The van der Waals surface area contributed by atoms with Crippen molar-refractivity contribution in [3.8, 4) is 0 Å². The summed E-state index contributed by atoms with van der Waals surface area (Å²) in [5.41, 5.74) is 2.29. The Hall–Kier alpha value is -3.44. The Morgan fingerprint density at radius 3 is 2.50 bits per heavy atom. The predicted molar refractivity (Wildman–Crippen MR) is 119 cm³/mol. The second kappa shape index (κ2) is 8.93. The molecule has 0 fully saturated rings. The summed E-state index contributed by atoms with van der Waals surface area (Å²) in [6.45, 7) is 0. The molecule has 0 saturated heterocycles. The summed E-state index contributed by atoms with van der Waals surface area (Å²) in [6, 6.07) is 24.0. The van der Waals surface area contributed by atoms with Crippen LogP contribution in [0.15, 0.2) is 83.7 Å². The second-order valence-corrected chi connectivity index (χ2v) is 7.43. The van der Waals surface area contributed by atoms with Gasteiger partial charge in [-0.1, -0.05) is 66.2 Å². The number of aryl methyl sites for hydroxylation is 1. The number of nitrogens with zero attached hydrogens (tertiary/aromatic N) is 1. The van der Waals surface area contributed by atoms with Crippen LogP contribution in [0.25, 0.3) is 10.9 Å². The lowest BCUT2D eigenvalue weighted by Crippen LogP contribution is -2.29. The monoisotopic (exact) mass is 417 g/mol. The fourth-order valence-electron chi connectivity index (χ4n) is 3.41. The number of carbonyl (C=O) groups is 1. The quantitative estimate of drug-likeness (QED) is 0.487. The van der Waals surface area contributed by atoms with Gasteiger partial charge in [0.1, 0.15) is 5.82 Å². The Bertz CT molecular complexity index is 1240. The number of para-hydroxylation sites is 1. The number of hydrogen-bond donors (Lipinski definition) is 2. The summed E-state index contributed by atoms with van der Waals surface area (Å²) in [5, 5.41) is 4.23. The van der Waals surface area contributed by atoms with Gasteiger partial charge in [-0.25, -0.2) is 4.98 Å². The van der Waals surface area contributed by atoms with Crippen molar-refractivity contribution < 1.29 is 4.79 Å². The van der Waals surface area contributed by atoms with Crippen molar-refractivity contribution in [3.63, 3.8) is 0 Å². The lowest BCUT2D eigenvalue weighted by atomic mass is 9.98. The summed E-state index contributed by atoms with van der Waals surface area (Å²) < 4.78 is 0. The molecular weight excluding hydrogens is 398 g/mol. The third-order valence-corrected chi connectivity index (χ3v) is 5.11. The number of H-pyrrole nitrogens is 1. The van der Waals surface area contributed by atoms with Gasteiger partial charge < -0.3 is 10.3 Å². The summed E-state index contributed by atoms with van der Waals surface area (Å²) in [6.07, 6.45) is 0.536. The van der Waals surface area contributed by atoms with Gasteiger partial charge in [0.15, 0.2) is 0 Å². The van der Waals surface area contributed by atoms with Crippen LogP contribution in [-0.2, 0) is 11.2 Å². The molecule has 1 aromatic heterocycles. The Morgan fingerprint density at radius 2 is 1.70 bits per heavy atom. The zero-order chi connectivity index (χ0) is 20.9. The molecule has 0 spiro atoms. The van der Waals surface area contributed by atoms with Gasteiger partial charge >= 0.3 is 0 Å². The van der Waals surface area contributed by atoms with Crippen LogP contribution in [0.4, 0.5) is 0 Å². The molecule has 0 aliphatic rings. The first-order valence-corrected chi connectivity index (χ1v) is 10.1. The maximum Gasteiger partial charge on any atom is 0.258 e. The van der Waals surface area contributed by atoms with E-state index in [-0.39, 0.29) is 23.9 Å². The normalized spacial score (nSPS) is 11.9. The molecule has 30 heavy (non-hydrogen) atoms. The van der Waals surface area contributed by atoms with Crippen LogP contribution >= 0.6 is 11.6 Å². The van der Waals surface area contributed by atoms with Crippen LogP contribution in [0.1, 0.15) is 29.4 Å². The molecule has 6 heteroatoms. The van der Waals surface area contributed by atoms with Crippen LogP contribution in [0.3, 0.4) is 0 Å². The van der Waals surface area contributed by atoms with Gasteiger partial charge in [-0.3, -0.25) is 9.59 Å². The molecule has 1 heterocycles. The van der Waals surface area contributed by atoms with E-state index in [2.05, 4.69) is 15.3 Å². The van der Waals surface area contributed by atoms with E-state index in [1.165, 1.54) is 0 Å². The smallest absolute Gasteiger partial charge is 0.258 e. The first-order chi connectivity index (χ1) is 14.6. The van der Waals surface area contributed by atoms with E-state index >= 15 is 0 Å². The molecule has 1 amide bonds. The number of benzene rings is 3. The van der Waals surface area contributed by atoms with Crippen LogP contribution in [0.2, 0.25) is 5.02 Å². The van der Waals surface area contributed by atoms with Crippen LogP contribution in [0, 0.1) is 0 Å². The molecule has 1 atom stereocenters. The lowest BCUT2D eigenvalue weighted by molar-refractivity contribution is -0.121. The number of fused-ring (bicyclic) bond motifs is 1. The standard InChI is InChI=1S/C24H20ClN3O2/c25-18-10-6-9-17(15-18)23(16-7-2-1-3-8-16)28-22(29)14-13-21-26-20-12-5-4-11-19(20)24(30)27-21/h1-12,15,23H,13-14H2,(H,28,29)(H,26,27,30).